The van der Waals surface area contributed by atoms with E-state index in [4.69, 9.17) is 4.74 Å². The molecule has 0 atom stereocenters. The third-order valence-corrected chi connectivity index (χ3v) is 4.27. The Labute approximate surface area is 181 Å². The van der Waals surface area contributed by atoms with Gasteiger partial charge in [-0.1, -0.05) is 0 Å². The number of urea groups is 1. The second-order valence-corrected chi connectivity index (χ2v) is 6.52. The van der Waals surface area contributed by atoms with Gasteiger partial charge in [0.25, 0.3) is 0 Å². The van der Waals surface area contributed by atoms with Gasteiger partial charge in [-0.15, -0.1) is 5.10 Å². The van der Waals surface area contributed by atoms with E-state index in [0.29, 0.717) is 29.2 Å². The lowest BCUT2D eigenvalue weighted by atomic mass is 10.1. The highest BCUT2D eigenvalue weighted by atomic mass is 19.3. The molecule has 11 heteroatoms. The number of anilines is 1. The van der Waals surface area contributed by atoms with Crippen molar-refractivity contribution in [2.75, 3.05) is 18.5 Å². The van der Waals surface area contributed by atoms with Crippen molar-refractivity contribution in [3.63, 3.8) is 0 Å². The van der Waals surface area contributed by atoms with Crippen molar-refractivity contribution in [1.82, 2.24) is 24.9 Å². The zero-order valence-corrected chi connectivity index (χ0v) is 16.6. The number of nitrogens with zero attached hydrogens (tertiary/aromatic N) is 4. The number of carbonyl (C=O) groups is 1. The number of rotatable bonds is 8. The van der Waals surface area contributed by atoms with Crippen LogP contribution in [0.1, 0.15) is 0 Å². The Hall–Kier alpha value is -4.28. The molecule has 2 N–H and O–H groups in total. The van der Waals surface area contributed by atoms with Crippen LogP contribution < -0.4 is 20.1 Å². The fourth-order valence-electron chi connectivity index (χ4n) is 2.91. The Bertz CT molecular complexity index is 1200. The minimum absolute atomic E-state index is 0.0302. The number of ether oxygens (including phenoxy) is 2. The first kappa shape index (κ1) is 21.0. The van der Waals surface area contributed by atoms with Gasteiger partial charge in [-0.05, 0) is 35.9 Å². The van der Waals surface area contributed by atoms with Gasteiger partial charge in [0.2, 0.25) is 0 Å². The van der Waals surface area contributed by atoms with Crippen molar-refractivity contribution in [3.8, 4) is 22.6 Å². The molecule has 0 saturated carbocycles. The first-order valence-electron chi connectivity index (χ1n) is 9.54. The molecule has 4 aromatic heterocycles. The molecule has 0 saturated heterocycles. The first-order chi connectivity index (χ1) is 15.6. The Morgan fingerprint density at radius 2 is 1.94 bits per heavy atom. The van der Waals surface area contributed by atoms with E-state index in [2.05, 4.69) is 30.4 Å². The molecule has 0 aromatic carbocycles. The Morgan fingerprint density at radius 1 is 1.06 bits per heavy atom. The topological polar surface area (TPSA) is 103 Å². The van der Waals surface area contributed by atoms with Crippen LogP contribution in [-0.2, 0) is 0 Å². The number of nitrogens with one attached hydrogen (secondary N) is 2. The molecule has 2 amide bonds. The Balaban J connectivity index is 1.36. The smallest absolute Gasteiger partial charge is 0.387 e. The number of halogens is 2. The van der Waals surface area contributed by atoms with E-state index >= 15 is 0 Å². The molecule has 0 radical (unpaired) electrons. The van der Waals surface area contributed by atoms with Gasteiger partial charge in [0.1, 0.15) is 18.1 Å². The summed E-state index contributed by atoms with van der Waals surface area (Å²) < 4.78 is 36.3. The number of pyridine rings is 3. The molecule has 0 aliphatic carbocycles. The molecule has 0 unspecified atom stereocenters. The highest BCUT2D eigenvalue weighted by molar-refractivity contribution is 5.89. The second kappa shape index (κ2) is 9.69. The molecular weight excluding hydrogens is 422 g/mol. The number of fused-ring (bicyclic) bond motifs is 1. The van der Waals surface area contributed by atoms with Crippen molar-refractivity contribution < 1.29 is 23.0 Å². The maximum Gasteiger partial charge on any atom is 0.387 e. The van der Waals surface area contributed by atoms with Crippen LogP contribution >= 0.6 is 0 Å². The van der Waals surface area contributed by atoms with Crippen molar-refractivity contribution in [2.45, 2.75) is 6.61 Å². The normalized spacial score (nSPS) is 10.8. The van der Waals surface area contributed by atoms with E-state index < -0.39 is 12.6 Å². The number of amides is 2. The molecule has 4 aromatic rings. The number of hydrogen-bond donors (Lipinski definition) is 2. The van der Waals surface area contributed by atoms with E-state index in [1.54, 1.807) is 59.6 Å². The third-order valence-electron chi connectivity index (χ3n) is 4.27. The lowest BCUT2D eigenvalue weighted by molar-refractivity contribution is -0.0500. The van der Waals surface area contributed by atoms with Crippen LogP contribution in [-0.4, -0.2) is 45.4 Å². The van der Waals surface area contributed by atoms with Crippen LogP contribution in [0.4, 0.5) is 19.4 Å². The van der Waals surface area contributed by atoms with Crippen LogP contribution in [0.2, 0.25) is 0 Å². The van der Waals surface area contributed by atoms with Crippen LogP contribution in [0, 0.1) is 0 Å². The molecule has 0 aliphatic heterocycles. The predicted molar refractivity (Wildman–Crippen MR) is 112 cm³/mol. The lowest BCUT2D eigenvalue weighted by Gasteiger charge is -2.07. The molecule has 164 valence electrons. The van der Waals surface area contributed by atoms with Gasteiger partial charge in [0.05, 0.1) is 24.5 Å². The van der Waals surface area contributed by atoms with E-state index in [1.807, 2.05) is 0 Å². The number of alkyl halides is 2. The van der Waals surface area contributed by atoms with Gasteiger partial charge in [0, 0.05) is 30.2 Å². The monoisotopic (exact) mass is 440 g/mol. The number of carbonyl (C=O) groups excluding carboxylic acids is 1. The maximum absolute atomic E-state index is 12.4. The third kappa shape index (κ3) is 5.45. The van der Waals surface area contributed by atoms with Crippen LogP contribution in [0.3, 0.4) is 0 Å². The van der Waals surface area contributed by atoms with Gasteiger partial charge in [-0.3, -0.25) is 15.3 Å². The van der Waals surface area contributed by atoms with Crippen molar-refractivity contribution >= 4 is 17.4 Å². The molecule has 9 nitrogen and oxygen atoms in total. The lowest BCUT2D eigenvalue weighted by Crippen LogP contribution is -2.32. The zero-order valence-electron chi connectivity index (χ0n) is 16.6. The highest BCUT2D eigenvalue weighted by Gasteiger charge is 2.09. The highest BCUT2D eigenvalue weighted by Crippen LogP contribution is 2.25. The van der Waals surface area contributed by atoms with E-state index in [9.17, 15) is 13.6 Å². The van der Waals surface area contributed by atoms with Gasteiger partial charge in [-0.25, -0.2) is 9.31 Å². The average Bonchev–Trinajstić information content (AvgIpc) is 3.18. The summed E-state index contributed by atoms with van der Waals surface area (Å²) in [7, 11) is 0. The average molecular weight is 440 g/mol. The van der Waals surface area contributed by atoms with E-state index in [-0.39, 0.29) is 12.4 Å². The molecule has 0 bridgehead atoms. The standard InChI is InChI=1S/C21H18F2N6O3/c22-20(23)32-18-9-15(11-25-13-18)14-3-6-29-16(8-14)10-19(28-29)27-21(30)26-5-7-31-17-2-1-4-24-12-17/h1-4,6,8-13,20H,5,7H2,(H2,26,27,28,30). The summed E-state index contributed by atoms with van der Waals surface area (Å²) in [5.74, 6) is 0.936. The second-order valence-electron chi connectivity index (χ2n) is 6.52. The molecule has 0 spiro atoms. The van der Waals surface area contributed by atoms with Gasteiger partial charge in [0.15, 0.2) is 5.82 Å². The van der Waals surface area contributed by atoms with Crippen molar-refractivity contribution in [3.05, 3.63) is 67.4 Å². The first-order valence-corrected chi connectivity index (χ1v) is 9.54. The number of hydrogen-bond acceptors (Lipinski definition) is 6. The molecule has 0 aliphatic rings. The molecule has 4 heterocycles. The molecule has 0 fully saturated rings. The summed E-state index contributed by atoms with van der Waals surface area (Å²) in [5, 5.41) is 9.62. The maximum atomic E-state index is 12.4. The summed E-state index contributed by atoms with van der Waals surface area (Å²) in [5.41, 5.74) is 2.03. The van der Waals surface area contributed by atoms with Crippen LogP contribution in [0.25, 0.3) is 16.6 Å². The Kier molecular flexibility index (Phi) is 6.35. The van der Waals surface area contributed by atoms with E-state index in [0.717, 1.165) is 5.56 Å². The molecule has 32 heavy (non-hydrogen) atoms. The molecule has 4 rings (SSSR count). The minimum Gasteiger partial charge on any atom is -0.490 e. The summed E-state index contributed by atoms with van der Waals surface area (Å²) >= 11 is 0. The SMILES string of the molecule is O=C(NCCOc1cccnc1)Nc1cc2cc(-c3cncc(OC(F)F)c3)ccn2n1. The summed E-state index contributed by atoms with van der Waals surface area (Å²) in [6.45, 7) is -2.34. The van der Waals surface area contributed by atoms with Gasteiger partial charge >= 0.3 is 12.6 Å². The largest absolute Gasteiger partial charge is 0.490 e. The van der Waals surface area contributed by atoms with E-state index in [1.165, 1.54) is 12.3 Å². The van der Waals surface area contributed by atoms with Crippen molar-refractivity contribution in [2.24, 2.45) is 0 Å². The summed E-state index contributed by atoms with van der Waals surface area (Å²) in [6, 6.07) is 9.81. The number of aromatic nitrogens is 4. The molecular formula is C21H18F2N6O3. The van der Waals surface area contributed by atoms with Crippen LogP contribution in [0.15, 0.2) is 67.4 Å². The zero-order chi connectivity index (χ0) is 22.3. The van der Waals surface area contributed by atoms with Gasteiger partial charge < -0.3 is 14.8 Å². The predicted octanol–water partition coefficient (Wildman–Crippen LogP) is 3.59. The fourth-order valence-corrected chi connectivity index (χ4v) is 2.91. The quantitative estimate of drug-likeness (QED) is 0.406. The van der Waals surface area contributed by atoms with Crippen molar-refractivity contribution in [1.29, 1.82) is 0 Å². The van der Waals surface area contributed by atoms with Gasteiger partial charge in [-0.2, -0.15) is 8.78 Å². The Morgan fingerprint density at radius 3 is 2.75 bits per heavy atom. The minimum atomic E-state index is -2.92. The summed E-state index contributed by atoms with van der Waals surface area (Å²) in [4.78, 5) is 20.0. The van der Waals surface area contributed by atoms with Crippen LogP contribution in [0.5, 0.6) is 11.5 Å². The summed E-state index contributed by atoms with van der Waals surface area (Å²) in [6.07, 6.45) is 7.68. The fraction of sp³-hybridized carbons (Fsp3) is 0.143.